The molecule has 1 heterocycles. The normalized spacial score (nSPS) is 10.5. The molecule has 1 amide bonds. The summed E-state index contributed by atoms with van der Waals surface area (Å²) in [6, 6.07) is 24.1. The van der Waals surface area contributed by atoms with E-state index >= 15 is 0 Å². The highest BCUT2D eigenvalue weighted by Crippen LogP contribution is 2.24. The van der Waals surface area contributed by atoms with Gasteiger partial charge >= 0.3 is 5.97 Å². The fraction of sp³-hybridized carbons (Fsp3) is 0.0417. The molecule has 0 bridgehead atoms. The van der Waals surface area contributed by atoms with Crippen LogP contribution in [-0.4, -0.2) is 28.3 Å². The molecule has 0 spiro atoms. The molecule has 0 fully saturated rings. The lowest BCUT2D eigenvalue weighted by Crippen LogP contribution is -2.21. The zero-order valence-electron chi connectivity index (χ0n) is 16.4. The lowest BCUT2D eigenvalue weighted by atomic mass is 10.1. The van der Waals surface area contributed by atoms with Crippen molar-refractivity contribution >= 4 is 17.6 Å². The van der Waals surface area contributed by atoms with Crippen molar-refractivity contribution in [2.24, 2.45) is 0 Å². The summed E-state index contributed by atoms with van der Waals surface area (Å²) >= 11 is 0. The number of amides is 1. The van der Waals surface area contributed by atoms with E-state index in [0.29, 0.717) is 5.69 Å². The van der Waals surface area contributed by atoms with E-state index in [-0.39, 0.29) is 11.3 Å². The molecule has 0 radical (unpaired) electrons. The summed E-state index contributed by atoms with van der Waals surface area (Å²) in [5.74, 6) is -1.73. The Bertz CT molecular complexity index is 1210. The van der Waals surface area contributed by atoms with E-state index in [0.717, 1.165) is 11.3 Å². The number of esters is 1. The summed E-state index contributed by atoms with van der Waals surface area (Å²) < 4.78 is 20.0. The number of para-hydroxylation sites is 1. The molecule has 1 N–H and O–H groups in total. The number of nitrogens with one attached hydrogen (secondary N) is 1. The lowest BCUT2D eigenvalue weighted by molar-refractivity contribution is -0.119. The molecule has 0 atom stereocenters. The first-order valence-corrected chi connectivity index (χ1v) is 9.53. The van der Waals surface area contributed by atoms with Gasteiger partial charge < -0.3 is 10.1 Å². The Kier molecular flexibility index (Phi) is 5.84. The molecule has 0 aliphatic heterocycles. The van der Waals surface area contributed by atoms with Gasteiger partial charge in [-0.05, 0) is 30.3 Å². The molecule has 4 rings (SSSR count). The molecule has 0 saturated carbocycles. The third-order valence-electron chi connectivity index (χ3n) is 4.44. The van der Waals surface area contributed by atoms with Gasteiger partial charge in [-0.3, -0.25) is 4.79 Å². The first-order valence-electron chi connectivity index (χ1n) is 9.53. The Balaban J connectivity index is 1.54. The standard InChI is InChI=1S/C24H18FN3O3/c25-18-10-7-11-19(14-18)26-22(29)16-31-24(30)21-15-28(20-12-5-2-6-13-20)27-23(21)17-8-3-1-4-9-17/h1-15H,16H2,(H,26,29). The Labute approximate surface area is 177 Å². The van der Waals surface area contributed by atoms with Crippen LogP contribution in [0.1, 0.15) is 10.4 Å². The molecule has 4 aromatic rings. The molecule has 0 aliphatic rings. The van der Waals surface area contributed by atoms with Gasteiger partial charge in [0.25, 0.3) is 5.91 Å². The summed E-state index contributed by atoms with van der Waals surface area (Å²) in [7, 11) is 0. The summed E-state index contributed by atoms with van der Waals surface area (Å²) in [5, 5.41) is 7.04. The van der Waals surface area contributed by atoms with Crippen LogP contribution < -0.4 is 5.32 Å². The highest BCUT2D eigenvalue weighted by Gasteiger charge is 2.21. The van der Waals surface area contributed by atoms with Crippen LogP contribution in [0, 0.1) is 5.82 Å². The second-order valence-electron chi connectivity index (χ2n) is 6.67. The zero-order chi connectivity index (χ0) is 21.6. The number of hydrogen-bond acceptors (Lipinski definition) is 4. The molecule has 3 aromatic carbocycles. The van der Waals surface area contributed by atoms with Crippen LogP contribution in [0.2, 0.25) is 0 Å². The number of rotatable bonds is 6. The highest BCUT2D eigenvalue weighted by molar-refractivity contribution is 5.98. The van der Waals surface area contributed by atoms with Crippen molar-refractivity contribution in [1.29, 1.82) is 0 Å². The second-order valence-corrected chi connectivity index (χ2v) is 6.67. The number of ether oxygens (including phenoxy) is 1. The number of aromatic nitrogens is 2. The largest absolute Gasteiger partial charge is 0.452 e. The molecule has 7 heteroatoms. The maximum absolute atomic E-state index is 13.3. The zero-order valence-corrected chi connectivity index (χ0v) is 16.4. The predicted molar refractivity (Wildman–Crippen MR) is 114 cm³/mol. The molecule has 154 valence electrons. The molecule has 0 aliphatic carbocycles. The van der Waals surface area contributed by atoms with E-state index in [1.165, 1.54) is 18.2 Å². The van der Waals surface area contributed by atoms with Crippen LogP contribution in [0.25, 0.3) is 16.9 Å². The van der Waals surface area contributed by atoms with Gasteiger partial charge in [-0.2, -0.15) is 5.10 Å². The summed E-state index contributed by atoms with van der Waals surface area (Å²) in [6.07, 6.45) is 1.57. The third-order valence-corrected chi connectivity index (χ3v) is 4.44. The number of nitrogens with zero attached hydrogens (tertiary/aromatic N) is 2. The van der Waals surface area contributed by atoms with Crippen LogP contribution in [0.3, 0.4) is 0 Å². The van der Waals surface area contributed by atoms with Crippen molar-refractivity contribution in [3.63, 3.8) is 0 Å². The van der Waals surface area contributed by atoms with E-state index in [4.69, 9.17) is 4.74 Å². The maximum Gasteiger partial charge on any atom is 0.342 e. The number of hydrogen-bond donors (Lipinski definition) is 1. The Morgan fingerprint density at radius 1 is 0.935 bits per heavy atom. The monoisotopic (exact) mass is 415 g/mol. The number of benzene rings is 3. The van der Waals surface area contributed by atoms with Gasteiger partial charge in [-0.15, -0.1) is 0 Å². The number of halogens is 1. The first-order chi connectivity index (χ1) is 15.1. The highest BCUT2D eigenvalue weighted by atomic mass is 19.1. The van der Waals surface area contributed by atoms with Crippen molar-refractivity contribution in [3.05, 3.63) is 103 Å². The van der Waals surface area contributed by atoms with Gasteiger partial charge in [0.05, 0.1) is 5.69 Å². The summed E-state index contributed by atoms with van der Waals surface area (Å²) in [5.41, 5.74) is 2.48. The number of carbonyl (C=O) groups is 2. The average molecular weight is 415 g/mol. The van der Waals surface area contributed by atoms with E-state index in [9.17, 15) is 14.0 Å². The Morgan fingerprint density at radius 3 is 2.35 bits per heavy atom. The van der Waals surface area contributed by atoms with Crippen LogP contribution in [-0.2, 0) is 9.53 Å². The van der Waals surface area contributed by atoms with Crippen molar-refractivity contribution in [1.82, 2.24) is 9.78 Å². The topological polar surface area (TPSA) is 73.2 Å². The van der Waals surface area contributed by atoms with Crippen molar-refractivity contribution in [2.75, 3.05) is 11.9 Å². The van der Waals surface area contributed by atoms with Gasteiger partial charge in [0.1, 0.15) is 17.1 Å². The van der Waals surface area contributed by atoms with Gasteiger partial charge in [-0.25, -0.2) is 13.9 Å². The second kappa shape index (κ2) is 9.04. The summed E-state index contributed by atoms with van der Waals surface area (Å²) in [4.78, 5) is 24.9. The first kappa shape index (κ1) is 20.0. The van der Waals surface area contributed by atoms with Crippen LogP contribution in [0.5, 0.6) is 0 Å². The number of anilines is 1. The molecular formula is C24H18FN3O3. The van der Waals surface area contributed by atoms with Crippen LogP contribution in [0.4, 0.5) is 10.1 Å². The SMILES string of the molecule is O=C(COC(=O)c1cn(-c2ccccc2)nc1-c1ccccc1)Nc1cccc(F)c1. The Hall–Kier alpha value is -4.26. The van der Waals surface area contributed by atoms with E-state index in [1.807, 2.05) is 60.7 Å². The maximum atomic E-state index is 13.3. The predicted octanol–water partition coefficient (Wildman–Crippen LogP) is 4.47. The smallest absolute Gasteiger partial charge is 0.342 e. The summed E-state index contributed by atoms with van der Waals surface area (Å²) in [6.45, 7) is -0.514. The third kappa shape index (κ3) is 4.84. The fourth-order valence-electron chi connectivity index (χ4n) is 3.02. The minimum Gasteiger partial charge on any atom is -0.452 e. The molecular weight excluding hydrogens is 397 g/mol. The van der Waals surface area contributed by atoms with Gasteiger partial charge in [0.2, 0.25) is 0 Å². The van der Waals surface area contributed by atoms with E-state index in [1.54, 1.807) is 16.9 Å². The van der Waals surface area contributed by atoms with Crippen molar-refractivity contribution in [2.45, 2.75) is 0 Å². The number of carbonyl (C=O) groups excluding carboxylic acids is 2. The van der Waals surface area contributed by atoms with E-state index < -0.39 is 24.3 Å². The van der Waals surface area contributed by atoms with Gasteiger partial charge in [0.15, 0.2) is 6.61 Å². The van der Waals surface area contributed by atoms with Crippen LogP contribution in [0.15, 0.2) is 91.1 Å². The Morgan fingerprint density at radius 2 is 1.65 bits per heavy atom. The van der Waals surface area contributed by atoms with Crippen molar-refractivity contribution < 1.29 is 18.7 Å². The van der Waals surface area contributed by atoms with Gasteiger partial charge in [0, 0.05) is 17.4 Å². The van der Waals surface area contributed by atoms with Crippen LogP contribution >= 0.6 is 0 Å². The fourth-order valence-corrected chi connectivity index (χ4v) is 3.02. The van der Waals surface area contributed by atoms with Gasteiger partial charge in [-0.1, -0.05) is 54.6 Å². The molecule has 1 aromatic heterocycles. The molecule has 6 nitrogen and oxygen atoms in total. The van der Waals surface area contributed by atoms with Crippen molar-refractivity contribution in [3.8, 4) is 16.9 Å². The lowest BCUT2D eigenvalue weighted by Gasteiger charge is -2.07. The quantitative estimate of drug-likeness (QED) is 0.472. The average Bonchev–Trinajstić information content (AvgIpc) is 3.24. The molecule has 0 unspecified atom stereocenters. The molecule has 31 heavy (non-hydrogen) atoms. The van der Waals surface area contributed by atoms with E-state index in [2.05, 4.69) is 10.4 Å². The minimum atomic E-state index is -0.685. The minimum absolute atomic E-state index is 0.230. The molecule has 0 saturated heterocycles.